The molecule has 0 saturated carbocycles. The van der Waals surface area contributed by atoms with Gasteiger partial charge in [0.25, 0.3) is 5.91 Å². The molecule has 9 nitrogen and oxygen atoms in total. The number of hydrogen-bond acceptors (Lipinski definition) is 7. The number of anilines is 1. The van der Waals surface area contributed by atoms with Crippen LogP contribution in [0.4, 0.5) is 10.5 Å². The molecule has 2 amide bonds. The minimum absolute atomic E-state index is 0.0519. The normalized spacial score (nSPS) is 12.7. The Labute approximate surface area is 211 Å². The van der Waals surface area contributed by atoms with Crippen molar-refractivity contribution in [1.82, 2.24) is 5.48 Å². The van der Waals surface area contributed by atoms with Gasteiger partial charge in [0, 0.05) is 33.1 Å². The van der Waals surface area contributed by atoms with Gasteiger partial charge in [0.1, 0.15) is 5.75 Å². The van der Waals surface area contributed by atoms with Gasteiger partial charge in [-0.1, -0.05) is 6.08 Å². The number of halogens is 1. The first-order valence-electron chi connectivity index (χ1n) is 10.5. The summed E-state index contributed by atoms with van der Waals surface area (Å²) in [4.78, 5) is 35.4. The molecule has 0 saturated heterocycles. The summed E-state index contributed by atoms with van der Waals surface area (Å²) in [5, 5.41) is 21.7. The molecule has 0 aromatic heterocycles. The predicted octanol–water partition coefficient (Wildman–Crippen LogP) is 4.74. The van der Waals surface area contributed by atoms with Crippen molar-refractivity contribution in [2.24, 2.45) is 0 Å². The van der Waals surface area contributed by atoms with Crippen LogP contribution in [0.15, 0.2) is 54.6 Å². The lowest BCUT2D eigenvalue weighted by Gasteiger charge is -2.28. The van der Waals surface area contributed by atoms with Gasteiger partial charge in [-0.05, 0) is 91.7 Å². The van der Waals surface area contributed by atoms with Gasteiger partial charge >= 0.3 is 6.09 Å². The van der Waals surface area contributed by atoms with Gasteiger partial charge in [-0.2, -0.15) is 0 Å². The van der Waals surface area contributed by atoms with E-state index >= 15 is 0 Å². The Morgan fingerprint density at radius 3 is 2.47 bits per heavy atom. The topological polar surface area (TPSA) is 134 Å². The van der Waals surface area contributed by atoms with Crippen molar-refractivity contribution in [1.29, 1.82) is 0 Å². The number of carbonyl (C=O) groups excluding carboxylic acids is 3. The number of aromatic hydroxyl groups is 1. The number of phenols is 1. The summed E-state index contributed by atoms with van der Waals surface area (Å²) in [7, 11) is 0. The number of hydroxylamine groups is 1. The molecule has 2 aromatic rings. The van der Waals surface area contributed by atoms with E-state index in [4.69, 9.17) is 14.7 Å². The molecule has 2 aromatic carbocycles. The molecule has 4 N–H and O–H groups in total. The van der Waals surface area contributed by atoms with Crippen LogP contribution in [0.5, 0.6) is 5.75 Å². The third-order valence-corrected chi connectivity index (χ3v) is 5.45. The standard InChI is InChI=1S/C24H27IN2O7/c1-3-33-21(6-4-5-7-22(30)27-32)23(19-14-17(25)10-13-20(19)29)34-24(31)26-18-11-8-16(9-12-18)15(2)28/h5,7-14,21,23,29,32H,3-4,6H2,1-2H3,(H,26,31)(H,27,30)/b7-5+/t21-,23-/m1/s1. The van der Waals surface area contributed by atoms with Crippen LogP contribution in [0.1, 0.15) is 48.7 Å². The monoisotopic (exact) mass is 582 g/mol. The molecular weight excluding hydrogens is 555 g/mol. The summed E-state index contributed by atoms with van der Waals surface area (Å²) in [6, 6.07) is 11.3. The van der Waals surface area contributed by atoms with Crippen molar-refractivity contribution in [3.05, 3.63) is 69.3 Å². The Balaban J connectivity index is 2.25. The summed E-state index contributed by atoms with van der Waals surface area (Å²) >= 11 is 2.09. The minimum atomic E-state index is -0.953. The Bertz CT molecular complexity index is 1020. The zero-order valence-corrected chi connectivity index (χ0v) is 20.9. The van der Waals surface area contributed by atoms with E-state index in [0.717, 1.165) is 3.57 Å². The minimum Gasteiger partial charge on any atom is -0.508 e. The van der Waals surface area contributed by atoms with Gasteiger partial charge in [0.05, 0.1) is 6.10 Å². The molecule has 0 aliphatic rings. The molecule has 34 heavy (non-hydrogen) atoms. The maximum Gasteiger partial charge on any atom is 0.412 e. The van der Waals surface area contributed by atoms with Crippen molar-refractivity contribution in [3.8, 4) is 5.75 Å². The first kappa shape index (κ1) is 27.3. The molecule has 0 aliphatic heterocycles. The van der Waals surface area contributed by atoms with Crippen molar-refractivity contribution < 1.29 is 34.2 Å². The number of amides is 2. The van der Waals surface area contributed by atoms with E-state index in [0.29, 0.717) is 36.3 Å². The second-order valence-electron chi connectivity index (χ2n) is 7.24. The number of carbonyl (C=O) groups is 3. The number of nitrogens with one attached hydrogen (secondary N) is 2. The van der Waals surface area contributed by atoms with Crippen molar-refractivity contribution in [3.63, 3.8) is 0 Å². The largest absolute Gasteiger partial charge is 0.508 e. The number of Topliss-reactive ketones (excluding diaryl/α,β-unsaturated/α-hetero) is 1. The second-order valence-corrected chi connectivity index (χ2v) is 8.48. The van der Waals surface area contributed by atoms with Gasteiger partial charge in [-0.25, -0.2) is 10.3 Å². The highest BCUT2D eigenvalue weighted by Gasteiger charge is 2.30. The Morgan fingerprint density at radius 1 is 1.15 bits per heavy atom. The average molecular weight is 582 g/mol. The highest BCUT2D eigenvalue weighted by Crippen LogP contribution is 2.34. The van der Waals surface area contributed by atoms with Crippen LogP contribution in [0.3, 0.4) is 0 Å². The van der Waals surface area contributed by atoms with E-state index in [9.17, 15) is 19.5 Å². The maximum absolute atomic E-state index is 12.7. The zero-order valence-electron chi connectivity index (χ0n) is 18.8. The molecule has 0 aliphatic carbocycles. The van der Waals surface area contributed by atoms with Crippen molar-refractivity contribution in [2.75, 3.05) is 11.9 Å². The molecule has 182 valence electrons. The summed E-state index contributed by atoms with van der Waals surface area (Å²) < 4.78 is 12.4. The highest BCUT2D eigenvalue weighted by atomic mass is 127. The van der Waals surface area contributed by atoms with E-state index in [1.807, 2.05) is 0 Å². The molecular formula is C24H27IN2O7. The molecule has 2 rings (SSSR count). The molecule has 0 unspecified atom stereocenters. The maximum atomic E-state index is 12.7. The summed E-state index contributed by atoms with van der Waals surface area (Å²) in [5.74, 6) is -0.802. The lowest BCUT2D eigenvalue weighted by Crippen LogP contribution is -2.29. The van der Waals surface area contributed by atoms with Gasteiger partial charge in [0.15, 0.2) is 11.9 Å². The Hall–Kier alpha value is -2.96. The third kappa shape index (κ3) is 8.43. The summed E-state index contributed by atoms with van der Waals surface area (Å²) in [6.45, 7) is 3.57. The molecule has 0 fully saturated rings. The lowest BCUT2D eigenvalue weighted by atomic mass is 9.99. The molecule has 0 bridgehead atoms. The van der Waals surface area contributed by atoms with Crippen LogP contribution in [0.2, 0.25) is 0 Å². The van der Waals surface area contributed by atoms with Crippen LogP contribution >= 0.6 is 22.6 Å². The molecule has 0 heterocycles. The zero-order chi connectivity index (χ0) is 25.1. The number of allylic oxidation sites excluding steroid dienone is 1. The molecule has 10 heteroatoms. The van der Waals surface area contributed by atoms with E-state index in [2.05, 4.69) is 27.9 Å². The quantitative estimate of drug-likeness (QED) is 0.0989. The second kappa shape index (κ2) is 13.7. The number of benzene rings is 2. The summed E-state index contributed by atoms with van der Waals surface area (Å²) in [5.41, 5.74) is 2.84. The highest BCUT2D eigenvalue weighted by molar-refractivity contribution is 14.1. The molecule has 2 atom stereocenters. The number of phenolic OH excluding ortho intramolecular Hbond substituents is 1. The third-order valence-electron chi connectivity index (χ3n) is 4.78. The van der Waals surface area contributed by atoms with Crippen molar-refractivity contribution in [2.45, 2.75) is 38.9 Å². The SMILES string of the molecule is CCO[C@H](CC/C=C/C(=O)NO)[C@H](OC(=O)Nc1ccc(C(C)=O)cc1)c1cc(I)ccc1O. The van der Waals surface area contributed by atoms with Crippen LogP contribution in [0.25, 0.3) is 0 Å². The number of ketones is 1. The number of rotatable bonds is 11. The summed E-state index contributed by atoms with van der Waals surface area (Å²) in [6.07, 6.45) is 1.13. The van der Waals surface area contributed by atoms with Crippen LogP contribution in [0, 0.1) is 3.57 Å². The fourth-order valence-electron chi connectivity index (χ4n) is 3.17. The average Bonchev–Trinajstić information content (AvgIpc) is 2.81. The number of hydrogen-bond donors (Lipinski definition) is 4. The van der Waals surface area contributed by atoms with Gasteiger partial charge in [0.2, 0.25) is 0 Å². The molecule has 0 radical (unpaired) electrons. The Kier molecular flexibility index (Phi) is 11.0. The predicted molar refractivity (Wildman–Crippen MR) is 134 cm³/mol. The first-order valence-corrected chi connectivity index (χ1v) is 11.6. The first-order chi connectivity index (χ1) is 16.2. The van der Waals surface area contributed by atoms with Crippen LogP contribution in [-0.2, 0) is 14.3 Å². The van der Waals surface area contributed by atoms with Gasteiger partial charge in [-0.3, -0.25) is 20.1 Å². The van der Waals surface area contributed by atoms with Gasteiger partial charge < -0.3 is 14.6 Å². The van der Waals surface area contributed by atoms with Crippen molar-refractivity contribution >= 4 is 46.1 Å². The fourth-order valence-corrected chi connectivity index (χ4v) is 3.68. The number of ether oxygens (including phenoxy) is 2. The van der Waals surface area contributed by atoms with E-state index in [1.54, 1.807) is 49.4 Å². The Morgan fingerprint density at radius 2 is 1.85 bits per heavy atom. The fraction of sp³-hybridized carbons (Fsp3) is 0.292. The van der Waals surface area contributed by atoms with E-state index in [1.165, 1.54) is 24.5 Å². The van der Waals surface area contributed by atoms with Crippen LogP contribution < -0.4 is 10.8 Å². The van der Waals surface area contributed by atoms with E-state index < -0.39 is 24.2 Å². The smallest absolute Gasteiger partial charge is 0.412 e. The van der Waals surface area contributed by atoms with Gasteiger partial charge in [-0.15, -0.1) is 0 Å². The van der Waals surface area contributed by atoms with E-state index in [-0.39, 0.29) is 11.5 Å². The van der Waals surface area contributed by atoms with Crippen LogP contribution in [-0.4, -0.2) is 40.8 Å². The lowest BCUT2D eigenvalue weighted by molar-refractivity contribution is -0.124. The molecule has 0 spiro atoms.